The second kappa shape index (κ2) is 6.30. The molecule has 114 valence electrons. The number of amides is 1. The molecule has 1 heterocycles. The summed E-state index contributed by atoms with van der Waals surface area (Å²) in [7, 11) is 0. The van der Waals surface area contributed by atoms with Gasteiger partial charge in [-0.3, -0.25) is 4.79 Å². The fourth-order valence-corrected chi connectivity index (χ4v) is 3.06. The van der Waals surface area contributed by atoms with Crippen molar-refractivity contribution in [2.24, 2.45) is 11.5 Å². The molecular formula is C18H21N3O. The van der Waals surface area contributed by atoms with Crippen LogP contribution in [0.25, 0.3) is 0 Å². The smallest absolute Gasteiger partial charge is 0.244 e. The van der Waals surface area contributed by atoms with Crippen molar-refractivity contribution in [1.29, 1.82) is 0 Å². The molecule has 0 saturated carbocycles. The Hall–Kier alpha value is -2.17. The molecule has 0 radical (unpaired) electrons. The van der Waals surface area contributed by atoms with Crippen molar-refractivity contribution in [3.63, 3.8) is 0 Å². The van der Waals surface area contributed by atoms with Crippen molar-refractivity contribution in [2.75, 3.05) is 13.1 Å². The molecule has 1 amide bonds. The lowest BCUT2D eigenvalue weighted by atomic mass is 9.95. The number of hydrogen-bond donors (Lipinski definition) is 2. The maximum absolute atomic E-state index is 12.6. The second-order valence-corrected chi connectivity index (χ2v) is 5.81. The first kappa shape index (κ1) is 14.8. The van der Waals surface area contributed by atoms with Crippen LogP contribution in [0.15, 0.2) is 60.7 Å². The van der Waals surface area contributed by atoms with Gasteiger partial charge in [-0.15, -0.1) is 0 Å². The van der Waals surface area contributed by atoms with E-state index in [9.17, 15) is 4.79 Å². The third kappa shape index (κ3) is 2.89. The molecule has 4 heteroatoms. The maximum atomic E-state index is 12.6. The predicted octanol–water partition coefficient (Wildman–Crippen LogP) is 1.64. The largest absolute Gasteiger partial charge is 0.339 e. The van der Waals surface area contributed by atoms with E-state index in [0.29, 0.717) is 13.1 Å². The van der Waals surface area contributed by atoms with Crippen LogP contribution >= 0.6 is 0 Å². The van der Waals surface area contributed by atoms with Crippen molar-refractivity contribution < 1.29 is 4.79 Å². The van der Waals surface area contributed by atoms with Crippen LogP contribution < -0.4 is 11.5 Å². The third-order valence-electron chi connectivity index (χ3n) is 4.33. The Balaban J connectivity index is 1.73. The van der Waals surface area contributed by atoms with Crippen LogP contribution in [0.2, 0.25) is 0 Å². The summed E-state index contributed by atoms with van der Waals surface area (Å²) < 4.78 is 0. The van der Waals surface area contributed by atoms with Gasteiger partial charge >= 0.3 is 0 Å². The topological polar surface area (TPSA) is 72.4 Å². The quantitative estimate of drug-likeness (QED) is 0.904. The highest BCUT2D eigenvalue weighted by Crippen LogP contribution is 2.28. The number of carbonyl (C=O) groups excluding carboxylic acids is 1. The molecule has 0 aliphatic carbocycles. The fourth-order valence-electron chi connectivity index (χ4n) is 3.06. The van der Waals surface area contributed by atoms with Gasteiger partial charge in [0, 0.05) is 25.0 Å². The van der Waals surface area contributed by atoms with Crippen molar-refractivity contribution in [3.8, 4) is 0 Å². The number of nitrogens with zero attached hydrogens (tertiary/aromatic N) is 1. The average molecular weight is 295 g/mol. The zero-order valence-corrected chi connectivity index (χ0v) is 12.4. The molecular weight excluding hydrogens is 274 g/mol. The van der Waals surface area contributed by atoms with Gasteiger partial charge in [0.1, 0.15) is 6.04 Å². The fraction of sp³-hybridized carbons (Fsp3) is 0.278. The number of hydrogen-bond acceptors (Lipinski definition) is 3. The van der Waals surface area contributed by atoms with E-state index in [1.165, 1.54) is 5.56 Å². The molecule has 1 fully saturated rings. The van der Waals surface area contributed by atoms with E-state index in [2.05, 4.69) is 12.1 Å². The van der Waals surface area contributed by atoms with Crippen LogP contribution in [0.1, 0.15) is 23.1 Å². The first-order chi connectivity index (χ1) is 10.7. The molecule has 0 aromatic heterocycles. The summed E-state index contributed by atoms with van der Waals surface area (Å²) in [5, 5.41) is 0. The van der Waals surface area contributed by atoms with E-state index >= 15 is 0 Å². The van der Waals surface area contributed by atoms with Gasteiger partial charge in [0.05, 0.1) is 0 Å². The Bertz CT molecular complexity index is 629. The Morgan fingerprint density at radius 3 is 2.23 bits per heavy atom. The van der Waals surface area contributed by atoms with Crippen molar-refractivity contribution >= 4 is 5.91 Å². The number of rotatable bonds is 3. The summed E-state index contributed by atoms with van der Waals surface area (Å²) in [5.41, 5.74) is 14.4. The Kier molecular flexibility index (Phi) is 4.22. The molecule has 2 aromatic carbocycles. The molecule has 2 aromatic rings. The molecule has 22 heavy (non-hydrogen) atoms. The summed E-state index contributed by atoms with van der Waals surface area (Å²) in [6, 6.07) is 18.9. The van der Waals surface area contributed by atoms with Crippen molar-refractivity contribution in [2.45, 2.75) is 18.0 Å². The SMILES string of the molecule is NC(C(=O)N1C[C@@H](N)[C@H](c2ccccc2)C1)c1ccccc1. The monoisotopic (exact) mass is 295 g/mol. The second-order valence-electron chi connectivity index (χ2n) is 5.81. The molecule has 0 spiro atoms. The summed E-state index contributed by atoms with van der Waals surface area (Å²) >= 11 is 0. The molecule has 3 atom stereocenters. The highest BCUT2D eigenvalue weighted by Gasteiger charge is 2.35. The van der Waals surface area contributed by atoms with Crippen molar-refractivity contribution in [1.82, 2.24) is 4.90 Å². The third-order valence-corrected chi connectivity index (χ3v) is 4.33. The number of nitrogens with two attached hydrogens (primary N) is 2. The van der Waals surface area contributed by atoms with Crippen LogP contribution in [0, 0.1) is 0 Å². The molecule has 4 N–H and O–H groups in total. The zero-order chi connectivity index (χ0) is 15.5. The van der Waals surface area contributed by atoms with E-state index in [4.69, 9.17) is 11.5 Å². The van der Waals surface area contributed by atoms with Gasteiger partial charge in [0.15, 0.2) is 0 Å². The first-order valence-corrected chi connectivity index (χ1v) is 7.56. The lowest BCUT2D eigenvalue weighted by Gasteiger charge is -2.21. The summed E-state index contributed by atoms with van der Waals surface area (Å²) in [6.45, 7) is 1.18. The highest BCUT2D eigenvalue weighted by atomic mass is 16.2. The minimum absolute atomic E-state index is 0.0469. The Morgan fingerprint density at radius 1 is 1.00 bits per heavy atom. The minimum atomic E-state index is -0.622. The highest BCUT2D eigenvalue weighted by molar-refractivity contribution is 5.83. The first-order valence-electron chi connectivity index (χ1n) is 7.56. The van der Waals surface area contributed by atoms with Gasteiger partial charge in [0.25, 0.3) is 0 Å². The Labute approximate surface area is 130 Å². The van der Waals surface area contributed by atoms with Crippen LogP contribution in [-0.4, -0.2) is 29.9 Å². The van der Waals surface area contributed by atoms with Crippen LogP contribution in [0.3, 0.4) is 0 Å². The molecule has 4 nitrogen and oxygen atoms in total. The van der Waals surface area contributed by atoms with Gasteiger partial charge in [-0.05, 0) is 11.1 Å². The lowest BCUT2D eigenvalue weighted by Crippen LogP contribution is -2.38. The molecule has 1 saturated heterocycles. The van der Waals surface area contributed by atoms with Gasteiger partial charge in [-0.1, -0.05) is 60.7 Å². The standard InChI is InChI=1S/C18H21N3O/c19-16-12-21(11-15(16)13-7-3-1-4-8-13)18(22)17(20)14-9-5-2-6-10-14/h1-10,15-17H,11-12,19-20H2/t15-,16+,17?/m0/s1. The zero-order valence-electron chi connectivity index (χ0n) is 12.4. The number of carbonyl (C=O) groups is 1. The van der Waals surface area contributed by atoms with Gasteiger partial charge < -0.3 is 16.4 Å². The normalized spacial score (nSPS) is 22.5. The molecule has 1 unspecified atom stereocenters. The van der Waals surface area contributed by atoms with Crippen LogP contribution in [-0.2, 0) is 4.79 Å². The molecule has 1 aliphatic heterocycles. The number of benzene rings is 2. The lowest BCUT2D eigenvalue weighted by molar-refractivity contribution is -0.131. The van der Waals surface area contributed by atoms with E-state index in [1.54, 1.807) is 4.90 Å². The predicted molar refractivity (Wildman–Crippen MR) is 87.1 cm³/mol. The summed E-state index contributed by atoms with van der Waals surface area (Å²) in [6.07, 6.45) is 0. The van der Waals surface area contributed by atoms with Gasteiger partial charge in [-0.25, -0.2) is 0 Å². The number of likely N-dealkylation sites (tertiary alicyclic amines) is 1. The molecule has 1 aliphatic rings. The molecule has 0 bridgehead atoms. The summed E-state index contributed by atoms with van der Waals surface area (Å²) in [4.78, 5) is 14.4. The maximum Gasteiger partial charge on any atom is 0.244 e. The van der Waals surface area contributed by atoms with Gasteiger partial charge in [-0.2, -0.15) is 0 Å². The minimum Gasteiger partial charge on any atom is -0.339 e. The van der Waals surface area contributed by atoms with E-state index in [1.807, 2.05) is 48.5 Å². The molecule has 3 rings (SSSR count). The average Bonchev–Trinajstić information content (AvgIpc) is 2.97. The summed E-state index contributed by atoms with van der Waals surface area (Å²) in [5.74, 6) is 0.119. The van der Waals surface area contributed by atoms with Gasteiger partial charge in [0.2, 0.25) is 5.91 Å². The van der Waals surface area contributed by atoms with Crippen molar-refractivity contribution in [3.05, 3.63) is 71.8 Å². The Morgan fingerprint density at radius 2 is 1.59 bits per heavy atom. The van der Waals surface area contributed by atoms with Crippen LogP contribution in [0.4, 0.5) is 0 Å². The van der Waals surface area contributed by atoms with Crippen LogP contribution in [0.5, 0.6) is 0 Å². The van der Waals surface area contributed by atoms with E-state index in [-0.39, 0.29) is 17.9 Å². The van der Waals surface area contributed by atoms with E-state index < -0.39 is 6.04 Å². The van der Waals surface area contributed by atoms with E-state index in [0.717, 1.165) is 5.56 Å².